The standard InChI is InChI=1S/C15H18N4O2/c1-2-3-7-16-14-6-8-17-15(19-14)18-11-4-5-12-13(9-11)21-10-20-12/h4-6,8-9H,2-3,7,10H2,1H3,(H2,16,17,18,19). The van der Waals surface area contributed by atoms with E-state index in [9.17, 15) is 0 Å². The molecule has 110 valence electrons. The third kappa shape index (κ3) is 3.34. The Balaban J connectivity index is 1.68. The highest BCUT2D eigenvalue weighted by Crippen LogP contribution is 2.34. The maximum absolute atomic E-state index is 5.35. The molecule has 1 aromatic heterocycles. The highest BCUT2D eigenvalue weighted by Gasteiger charge is 2.13. The first-order valence-corrected chi connectivity index (χ1v) is 7.09. The van der Waals surface area contributed by atoms with E-state index in [0.29, 0.717) is 5.95 Å². The number of hydrogen-bond donors (Lipinski definition) is 2. The third-order valence-electron chi connectivity index (χ3n) is 3.12. The normalized spacial score (nSPS) is 12.2. The van der Waals surface area contributed by atoms with E-state index < -0.39 is 0 Å². The van der Waals surface area contributed by atoms with Crippen molar-refractivity contribution in [1.82, 2.24) is 9.97 Å². The number of rotatable bonds is 6. The molecule has 0 bridgehead atoms. The molecule has 0 aliphatic carbocycles. The van der Waals surface area contributed by atoms with Gasteiger partial charge >= 0.3 is 0 Å². The van der Waals surface area contributed by atoms with Crippen molar-refractivity contribution >= 4 is 17.5 Å². The van der Waals surface area contributed by atoms with Gasteiger partial charge < -0.3 is 20.1 Å². The Bertz CT molecular complexity index is 618. The Morgan fingerprint density at radius 3 is 3.00 bits per heavy atom. The quantitative estimate of drug-likeness (QED) is 0.795. The summed E-state index contributed by atoms with van der Waals surface area (Å²) >= 11 is 0. The van der Waals surface area contributed by atoms with Crippen molar-refractivity contribution in [3.05, 3.63) is 30.5 Å². The minimum absolute atomic E-state index is 0.270. The Morgan fingerprint density at radius 1 is 1.19 bits per heavy atom. The lowest BCUT2D eigenvalue weighted by Crippen LogP contribution is -2.05. The first-order valence-electron chi connectivity index (χ1n) is 7.09. The number of fused-ring (bicyclic) bond motifs is 1. The predicted octanol–water partition coefficient (Wildman–Crippen LogP) is 3.16. The molecule has 0 amide bonds. The maximum atomic E-state index is 5.35. The van der Waals surface area contributed by atoms with Gasteiger partial charge in [0.1, 0.15) is 5.82 Å². The number of anilines is 3. The second-order valence-electron chi connectivity index (χ2n) is 4.74. The number of ether oxygens (including phenoxy) is 2. The van der Waals surface area contributed by atoms with Crippen molar-refractivity contribution in [2.24, 2.45) is 0 Å². The molecule has 0 unspecified atom stereocenters. The van der Waals surface area contributed by atoms with Crippen LogP contribution in [0.25, 0.3) is 0 Å². The molecule has 21 heavy (non-hydrogen) atoms. The summed E-state index contributed by atoms with van der Waals surface area (Å²) in [6.07, 6.45) is 4.01. The molecular formula is C15H18N4O2. The van der Waals surface area contributed by atoms with E-state index in [4.69, 9.17) is 9.47 Å². The highest BCUT2D eigenvalue weighted by atomic mass is 16.7. The molecule has 0 saturated heterocycles. The van der Waals surface area contributed by atoms with Crippen LogP contribution in [0.1, 0.15) is 19.8 Å². The van der Waals surface area contributed by atoms with Gasteiger partial charge in [-0.25, -0.2) is 4.98 Å². The average Bonchev–Trinajstić information content (AvgIpc) is 2.95. The molecule has 0 saturated carbocycles. The summed E-state index contributed by atoms with van der Waals surface area (Å²) in [7, 11) is 0. The van der Waals surface area contributed by atoms with Gasteiger partial charge in [0.2, 0.25) is 12.7 Å². The van der Waals surface area contributed by atoms with Gasteiger partial charge in [-0.05, 0) is 24.6 Å². The van der Waals surface area contributed by atoms with Crippen molar-refractivity contribution < 1.29 is 9.47 Å². The number of unbranched alkanes of at least 4 members (excludes halogenated alkanes) is 1. The lowest BCUT2D eigenvalue weighted by molar-refractivity contribution is 0.174. The van der Waals surface area contributed by atoms with Gasteiger partial charge in [-0.15, -0.1) is 0 Å². The summed E-state index contributed by atoms with van der Waals surface area (Å²) in [6.45, 7) is 3.34. The number of nitrogens with zero attached hydrogens (tertiary/aromatic N) is 2. The molecule has 0 spiro atoms. The van der Waals surface area contributed by atoms with E-state index >= 15 is 0 Å². The smallest absolute Gasteiger partial charge is 0.231 e. The molecule has 6 heteroatoms. The van der Waals surface area contributed by atoms with Crippen molar-refractivity contribution in [3.63, 3.8) is 0 Å². The van der Waals surface area contributed by atoms with E-state index in [2.05, 4.69) is 27.5 Å². The van der Waals surface area contributed by atoms with Crippen LogP contribution >= 0.6 is 0 Å². The summed E-state index contributed by atoms with van der Waals surface area (Å²) in [5, 5.41) is 6.44. The fraction of sp³-hybridized carbons (Fsp3) is 0.333. The minimum Gasteiger partial charge on any atom is -0.454 e. The van der Waals surface area contributed by atoms with Crippen LogP contribution in [0, 0.1) is 0 Å². The van der Waals surface area contributed by atoms with E-state index in [1.165, 1.54) is 0 Å². The zero-order valence-electron chi connectivity index (χ0n) is 11.9. The summed E-state index contributed by atoms with van der Waals surface area (Å²) in [6, 6.07) is 7.52. The number of benzene rings is 1. The van der Waals surface area contributed by atoms with Gasteiger partial charge in [0.15, 0.2) is 11.5 Å². The van der Waals surface area contributed by atoms with Crippen LogP contribution in [0.4, 0.5) is 17.5 Å². The second kappa shape index (κ2) is 6.30. The molecule has 2 N–H and O–H groups in total. The molecule has 0 fully saturated rings. The summed E-state index contributed by atoms with van der Waals surface area (Å²) in [4.78, 5) is 8.65. The zero-order chi connectivity index (χ0) is 14.5. The number of hydrogen-bond acceptors (Lipinski definition) is 6. The minimum atomic E-state index is 0.270. The molecule has 1 aromatic carbocycles. The molecule has 6 nitrogen and oxygen atoms in total. The largest absolute Gasteiger partial charge is 0.454 e. The fourth-order valence-electron chi connectivity index (χ4n) is 2.01. The zero-order valence-corrected chi connectivity index (χ0v) is 11.9. The molecule has 2 heterocycles. The number of nitrogens with one attached hydrogen (secondary N) is 2. The van der Waals surface area contributed by atoms with Crippen LogP contribution in [-0.4, -0.2) is 23.3 Å². The Hall–Kier alpha value is -2.50. The Morgan fingerprint density at radius 2 is 2.10 bits per heavy atom. The van der Waals surface area contributed by atoms with E-state index in [0.717, 1.165) is 42.4 Å². The summed E-state index contributed by atoms with van der Waals surface area (Å²) < 4.78 is 10.6. The van der Waals surface area contributed by atoms with Gasteiger partial charge in [-0.2, -0.15) is 4.98 Å². The van der Waals surface area contributed by atoms with Gasteiger partial charge in [-0.3, -0.25) is 0 Å². The third-order valence-corrected chi connectivity index (χ3v) is 3.12. The fourth-order valence-corrected chi connectivity index (χ4v) is 2.01. The summed E-state index contributed by atoms with van der Waals surface area (Å²) in [5.41, 5.74) is 0.866. The summed E-state index contributed by atoms with van der Waals surface area (Å²) in [5.74, 6) is 2.87. The van der Waals surface area contributed by atoms with Crippen LogP contribution in [0.5, 0.6) is 11.5 Å². The Labute approximate surface area is 123 Å². The van der Waals surface area contributed by atoms with Gasteiger partial charge in [0, 0.05) is 24.5 Å². The monoisotopic (exact) mass is 286 g/mol. The van der Waals surface area contributed by atoms with Crippen LogP contribution in [-0.2, 0) is 0 Å². The van der Waals surface area contributed by atoms with Crippen molar-refractivity contribution in [1.29, 1.82) is 0 Å². The highest BCUT2D eigenvalue weighted by molar-refractivity contribution is 5.60. The molecule has 0 radical (unpaired) electrons. The van der Waals surface area contributed by atoms with E-state index in [1.54, 1.807) is 6.20 Å². The topological polar surface area (TPSA) is 68.3 Å². The van der Waals surface area contributed by atoms with Gasteiger partial charge in [0.05, 0.1) is 0 Å². The lowest BCUT2D eigenvalue weighted by atomic mass is 10.3. The molecular weight excluding hydrogens is 268 g/mol. The number of aromatic nitrogens is 2. The van der Waals surface area contributed by atoms with Crippen LogP contribution in [0.3, 0.4) is 0 Å². The maximum Gasteiger partial charge on any atom is 0.231 e. The first-order chi connectivity index (χ1) is 10.3. The second-order valence-corrected chi connectivity index (χ2v) is 4.74. The molecule has 1 aliphatic heterocycles. The molecule has 0 atom stereocenters. The van der Waals surface area contributed by atoms with Crippen LogP contribution < -0.4 is 20.1 Å². The van der Waals surface area contributed by atoms with Crippen LogP contribution in [0.15, 0.2) is 30.5 Å². The van der Waals surface area contributed by atoms with Gasteiger partial charge in [-0.1, -0.05) is 13.3 Å². The van der Waals surface area contributed by atoms with Crippen molar-refractivity contribution in [2.45, 2.75) is 19.8 Å². The van der Waals surface area contributed by atoms with E-state index in [-0.39, 0.29) is 6.79 Å². The molecule has 1 aliphatic rings. The molecule has 2 aromatic rings. The van der Waals surface area contributed by atoms with Crippen molar-refractivity contribution in [3.8, 4) is 11.5 Å². The molecule has 3 rings (SSSR count). The SMILES string of the molecule is CCCCNc1ccnc(Nc2ccc3c(c2)OCO3)n1. The Kier molecular flexibility index (Phi) is 4.04. The van der Waals surface area contributed by atoms with Gasteiger partial charge in [0.25, 0.3) is 0 Å². The first kappa shape index (κ1) is 13.5. The lowest BCUT2D eigenvalue weighted by Gasteiger charge is -2.08. The average molecular weight is 286 g/mol. The van der Waals surface area contributed by atoms with Crippen LogP contribution in [0.2, 0.25) is 0 Å². The van der Waals surface area contributed by atoms with E-state index in [1.807, 2.05) is 24.3 Å². The predicted molar refractivity (Wildman–Crippen MR) is 81.3 cm³/mol. The van der Waals surface area contributed by atoms with Crippen molar-refractivity contribution in [2.75, 3.05) is 24.0 Å².